The van der Waals surface area contributed by atoms with Gasteiger partial charge in [0, 0.05) is 0 Å². The number of rotatable bonds is 5. The zero-order valence-corrected chi connectivity index (χ0v) is 12.4. The van der Waals surface area contributed by atoms with Crippen molar-refractivity contribution in [3.63, 3.8) is 0 Å². The number of hydrogen-bond donors (Lipinski definition) is 3. The van der Waals surface area contributed by atoms with Gasteiger partial charge in [0.1, 0.15) is 23.6 Å². The van der Waals surface area contributed by atoms with Gasteiger partial charge in [0.15, 0.2) is 0 Å². The summed E-state index contributed by atoms with van der Waals surface area (Å²) in [6, 6.07) is 8.35. The largest absolute Gasteiger partial charge is 0.469 e. The summed E-state index contributed by atoms with van der Waals surface area (Å²) in [7, 11) is 1.21. The van der Waals surface area contributed by atoms with Gasteiger partial charge in [0.2, 0.25) is 0 Å². The van der Waals surface area contributed by atoms with Crippen LogP contribution in [-0.2, 0) is 9.53 Å². The van der Waals surface area contributed by atoms with Gasteiger partial charge in [-0.15, -0.1) is 0 Å². The predicted octanol–water partition coefficient (Wildman–Crippen LogP) is 0.284. The molecule has 0 radical (unpaired) electrons. The summed E-state index contributed by atoms with van der Waals surface area (Å²) in [5.74, 6) is -0.395. The van der Waals surface area contributed by atoms with Crippen LogP contribution < -0.4 is 5.73 Å². The first-order valence-electron chi connectivity index (χ1n) is 6.74. The van der Waals surface area contributed by atoms with Gasteiger partial charge in [-0.1, -0.05) is 12.1 Å². The zero-order valence-electron chi connectivity index (χ0n) is 12.4. The number of benzene rings is 1. The summed E-state index contributed by atoms with van der Waals surface area (Å²) in [6.45, 7) is 0. The number of nitrogen functional groups attached to an aromatic ring is 1. The number of aliphatic hydroxyl groups is 2. The summed E-state index contributed by atoms with van der Waals surface area (Å²) in [5, 5.41) is 32.7. The Morgan fingerprint density at radius 3 is 2.61 bits per heavy atom. The van der Waals surface area contributed by atoms with E-state index in [-0.39, 0.29) is 17.8 Å². The lowest BCUT2D eigenvalue weighted by atomic mass is 10.0. The predicted molar refractivity (Wildman–Crippen MR) is 80.3 cm³/mol. The van der Waals surface area contributed by atoms with Crippen LogP contribution in [0, 0.1) is 11.3 Å². The summed E-state index contributed by atoms with van der Waals surface area (Å²) in [5.41, 5.74) is 7.09. The Hall–Kier alpha value is -2.89. The molecule has 0 fully saturated rings. The number of esters is 1. The molecule has 4 N–H and O–H groups in total. The molecule has 0 bridgehead atoms. The first kappa shape index (κ1) is 16.5. The molecule has 23 heavy (non-hydrogen) atoms. The van der Waals surface area contributed by atoms with Crippen LogP contribution in [0.3, 0.4) is 0 Å². The number of anilines is 1. The van der Waals surface area contributed by atoms with Crippen LogP contribution in [0.15, 0.2) is 30.5 Å². The van der Waals surface area contributed by atoms with E-state index in [1.165, 1.54) is 18.0 Å². The molecule has 120 valence electrons. The Kier molecular flexibility index (Phi) is 4.95. The van der Waals surface area contributed by atoms with E-state index in [0.717, 1.165) is 0 Å². The van der Waals surface area contributed by atoms with Gasteiger partial charge in [-0.05, 0) is 17.7 Å². The quantitative estimate of drug-likeness (QED) is 0.674. The van der Waals surface area contributed by atoms with Crippen molar-refractivity contribution >= 4 is 11.8 Å². The lowest BCUT2D eigenvalue weighted by Crippen LogP contribution is -2.22. The highest BCUT2D eigenvalue weighted by atomic mass is 16.5. The molecule has 0 spiro atoms. The maximum Gasteiger partial charge on any atom is 0.308 e. The Bertz CT molecular complexity index is 733. The highest BCUT2D eigenvalue weighted by molar-refractivity contribution is 5.69. The molecule has 2 unspecified atom stereocenters. The second-order valence-electron chi connectivity index (χ2n) is 4.85. The monoisotopic (exact) mass is 316 g/mol. The van der Waals surface area contributed by atoms with Gasteiger partial charge in [-0.25, -0.2) is 4.68 Å². The van der Waals surface area contributed by atoms with Crippen LogP contribution >= 0.6 is 0 Å². The number of ether oxygens (including phenoxy) is 1. The van der Waals surface area contributed by atoms with Crippen LogP contribution in [0.1, 0.15) is 23.7 Å². The van der Waals surface area contributed by atoms with E-state index in [4.69, 9.17) is 11.0 Å². The minimum atomic E-state index is -1.27. The normalized spacial score (nSPS) is 13.1. The number of nitrogens with two attached hydrogens (primary N) is 1. The molecular formula is C15H16N4O4. The van der Waals surface area contributed by atoms with Gasteiger partial charge in [-0.3, -0.25) is 4.79 Å². The van der Waals surface area contributed by atoms with Gasteiger partial charge in [0.25, 0.3) is 0 Å². The molecule has 0 aliphatic carbocycles. The lowest BCUT2D eigenvalue weighted by molar-refractivity contribution is -0.144. The third-order valence-electron chi connectivity index (χ3n) is 3.37. The van der Waals surface area contributed by atoms with E-state index in [1.807, 2.05) is 6.07 Å². The van der Waals surface area contributed by atoms with E-state index < -0.39 is 18.2 Å². The number of carbonyl (C=O) groups is 1. The molecular weight excluding hydrogens is 300 g/mol. The standard InChI is InChI=1S/C15H16N4O4/c1-23-13(21)6-12(20)14(22)9-2-4-11(5-3-9)19-15(17)10(7-16)8-18-19/h2-5,8,12,14,20,22H,6,17H2,1H3. The van der Waals surface area contributed by atoms with Crippen molar-refractivity contribution in [2.75, 3.05) is 12.8 Å². The van der Waals surface area contributed by atoms with Gasteiger partial charge in [0.05, 0.1) is 31.5 Å². The lowest BCUT2D eigenvalue weighted by Gasteiger charge is -2.17. The summed E-state index contributed by atoms with van der Waals surface area (Å²) in [6.07, 6.45) is -1.45. The SMILES string of the molecule is COC(=O)CC(O)C(O)c1ccc(-n2ncc(C#N)c2N)cc1. The third-order valence-corrected chi connectivity index (χ3v) is 3.37. The number of nitrogens with zero attached hydrogens (tertiary/aromatic N) is 3. The fourth-order valence-corrected chi connectivity index (χ4v) is 2.05. The first-order chi connectivity index (χ1) is 11.0. The Labute approximate surface area is 132 Å². The summed E-state index contributed by atoms with van der Waals surface area (Å²) >= 11 is 0. The smallest absolute Gasteiger partial charge is 0.308 e. The topological polar surface area (TPSA) is 134 Å². The van der Waals surface area contributed by atoms with Gasteiger partial charge in [-0.2, -0.15) is 10.4 Å². The number of aromatic nitrogens is 2. The second-order valence-corrected chi connectivity index (χ2v) is 4.85. The van der Waals surface area contributed by atoms with E-state index in [1.54, 1.807) is 24.3 Å². The van der Waals surface area contributed by atoms with E-state index in [9.17, 15) is 15.0 Å². The third kappa shape index (κ3) is 3.48. The van der Waals surface area contributed by atoms with Crippen LogP contribution in [0.4, 0.5) is 5.82 Å². The fourth-order valence-electron chi connectivity index (χ4n) is 2.05. The van der Waals surface area contributed by atoms with Gasteiger partial charge >= 0.3 is 5.97 Å². The minimum Gasteiger partial charge on any atom is -0.469 e. The van der Waals surface area contributed by atoms with Crippen molar-refractivity contribution in [1.82, 2.24) is 9.78 Å². The molecule has 0 saturated carbocycles. The van der Waals surface area contributed by atoms with Crippen molar-refractivity contribution in [1.29, 1.82) is 5.26 Å². The van der Waals surface area contributed by atoms with Gasteiger partial charge < -0.3 is 20.7 Å². The molecule has 2 rings (SSSR count). The average molecular weight is 316 g/mol. The van der Waals surface area contributed by atoms with Crippen LogP contribution in [0.2, 0.25) is 0 Å². The van der Waals surface area contributed by atoms with Crippen LogP contribution in [0.25, 0.3) is 5.69 Å². The molecule has 0 aliphatic rings. The maximum absolute atomic E-state index is 11.1. The average Bonchev–Trinajstić information content (AvgIpc) is 2.94. The van der Waals surface area contributed by atoms with E-state index in [0.29, 0.717) is 11.3 Å². The molecule has 1 heterocycles. The zero-order chi connectivity index (χ0) is 17.0. The molecule has 1 aromatic heterocycles. The number of aliphatic hydroxyl groups excluding tert-OH is 2. The molecule has 0 amide bonds. The number of methoxy groups -OCH3 is 1. The molecule has 8 nitrogen and oxygen atoms in total. The molecule has 0 saturated heterocycles. The molecule has 1 aromatic carbocycles. The summed E-state index contributed by atoms with van der Waals surface area (Å²) < 4.78 is 5.84. The van der Waals surface area contributed by atoms with Crippen molar-refractivity contribution in [2.45, 2.75) is 18.6 Å². The molecule has 2 atom stereocenters. The summed E-state index contributed by atoms with van der Waals surface area (Å²) in [4.78, 5) is 11.1. The molecule has 0 aliphatic heterocycles. The number of hydrogen-bond acceptors (Lipinski definition) is 7. The fraction of sp³-hybridized carbons (Fsp3) is 0.267. The molecule has 2 aromatic rings. The number of carbonyl (C=O) groups excluding carboxylic acids is 1. The first-order valence-corrected chi connectivity index (χ1v) is 6.74. The van der Waals surface area contributed by atoms with Crippen LogP contribution in [0.5, 0.6) is 0 Å². The highest BCUT2D eigenvalue weighted by Gasteiger charge is 2.22. The van der Waals surface area contributed by atoms with Crippen molar-refractivity contribution in [3.05, 3.63) is 41.6 Å². The Morgan fingerprint density at radius 1 is 1.43 bits per heavy atom. The Morgan fingerprint density at radius 2 is 2.09 bits per heavy atom. The second kappa shape index (κ2) is 6.91. The van der Waals surface area contributed by atoms with Crippen molar-refractivity contribution in [2.24, 2.45) is 0 Å². The Balaban J connectivity index is 2.17. The van der Waals surface area contributed by atoms with E-state index in [2.05, 4.69) is 9.84 Å². The molecule has 8 heteroatoms. The van der Waals surface area contributed by atoms with E-state index >= 15 is 0 Å². The number of nitriles is 1. The maximum atomic E-state index is 11.1. The van der Waals surface area contributed by atoms with Crippen LogP contribution in [-0.4, -0.2) is 39.2 Å². The highest BCUT2D eigenvalue weighted by Crippen LogP contribution is 2.22. The minimum absolute atomic E-state index is 0.214. The van der Waals surface area contributed by atoms with Crippen molar-refractivity contribution < 1.29 is 19.7 Å². The van der Waals surface area contributed by atoms with Crippen molar-refractivity contribution in [3.8, 4) is 11.8 Å².